The number of thiophene rings is 1. The SMILES string of the molecule is O=C(NCC(O)COc1ccc2c(c1)OCO2)c1nc(-c2cccs2)n(-c2ccccc2)n1. The van der Waals surface area contributed by atoms with Crippen molar-refractivity contribution in [3.05, 3.63) is 71.9 Å². The number of nitrogens with zero attached hydrogens (tertiary/aromatic N) is 3. The average molecular weight is 465 g/mol. The van der Waals surface area contributed by atoms with Gasteiger partial charge in [0, 0.05) is 12.6 Å². The molecule has 0 bridgehead atoms. The number of ether oxygens (including phenoxy) is 3. The first-order valence-electron chi connectivity index (χ1n) is 10.2. The van der Waals surface area contributed by atoms with Crippen molar-refractivity contribution in [1.29, 1.82) is 0 Å². The van der Waals surface area contributed by atoms with Gasteiger partial charge in [0.05, 0.1) is 10.6 Å². The van der Waals surface area contributed by atoms with Crippen molar-refractivity contribution in [2.24, 2.45) is 0 Å². The van der Waals surface area contributed by atoms with Crippen molar-refractivity contribution < 1.29 is 24.1 Å². The van der Waals surface area contributed by atoms with E-state index in [1.165, 1.54) is 11.3 Å². The highest BCUT2D eigenvalue weighted by Gasteiger charge is 2.20. The third-order valence-corrected chi connectivity index (χ3v) is 5.70. The summed E-state index contributed by atoms with van der Waals surface area (Å²) in [7, 11) is 0. The van der Waals surface area contributed by atoms with Crippen LogP contribution in [0.4, 0.5) is 0 Å². The largest absolute Gasteiger partial charge is 0.491 e. The molecule has 0 spiro atoms. The highest BCUT2D eigenvalue weighted by atomic mass is 32.1. The number of carbonyl (C=O) groups excluding carboxylic acids is 1. The molecule has 0 saturated heterocycles. The number of rotatable bonds is 8. The number of hydrogen-bond donors (Lipinski definition) is 2. The molecule has 0 aliphatic carbocycles. The van der Waals surface area contributed by atoms with Gasteiger partial charge in [-0.15, -0.1) is 16.4 Å². The highest BCUT2D eigenvalue weighted by Crippen LogP contribution is 2.35. The van der Waals surface area contributed by atoms with Gasteiger partial charge >= 0.3 is 0 Å². The molecule has 4 aromatic rings. The summed E-state index contributed by atoms with van der Waals surface area (Å²) >= 11 is 1.51. The molecule has 2 aromatic heterocycles. The van der Waals surface area contributed by atoms with E-state index in [1.54, 1.807) is 22.9 Å². The van der Waals surface area contributed by atoms with Gasteiger partial charge in [0.25, 0.3) is 5.91 Å². The quantitative estimate of drug-likeness (QED) is 0.413. The van der Waals surface area contributed by atoms with Gasteiger partial charge in [-0.2, -0.15) is 0 Å². The zero-order valence-corrected chi connectivity index (χ0v) is 18.2. The van der Waals surface area contributed by atoms with Crippen LogP contribution in [0.5, 0.6) is 17.2 Å². The number of hydrogen-bond acceptors (Lipinski definition) is 8. The lowest BCUT2D eigenvalue weighted by atomic mass is 10.3. The van der Waals surface area contributed by atoms with E-state index in [2.05, 4.69) is 15.4 Å². The lowest BCUT2D eigenvalue weighted by molar-refractivity contribution is 0.0835. The van der Waals surface area contributed by atoms with Crippen LogP contribution in [-0.4, -0.2) is 51.8 Å². The summed E-state index contributed by atoms with van der Waals surface area (Å²) in [4.78, 5) is 18.0. The van der Waals surface area contributed by atoms with E-state index in [1.807, 2.05) is 47.8 Å². The van der Waals surface area contributed by atoms with E-state index >= 15 is 0 Å². The summed E-state index contributed by atoms with van der Waals surface area (Å²) in [6.45, 7) is 0.152. The smallest absolute Gasteiger partial charge is 0.291 e. The van der Waals surface area contributed by atoms with Gasteiger partial charge < -0.3 is 24.6 Å². The van der Waals surface area contributed by atoms with Crippen molar-refractivity contribution in [2.75, 3.05) is 19.9 Å². The molecule has 2 N–H and O–H groups in total. The minimum Gasteiger partial charge on any atom is -0.491 e. The Kier molecular flexibility index (Phi) is 5.92. The van der Waals surface area contributed by atoms with Crippen LogP contribution < -0.4 is 19.5 Å². The Morgan fingerprint density at radius 1 is 1.15 bits per heavy atom. The molecule has 1 aliphatic rings. The normalized spacial score (nSPS) is 13.0. The Morgan fingerprint density at radius 3 is 2.82 bits per heavy atom. The van der Waals surface area contributed by atoms with E-state index in [0.29, 0.717) is 23.1 Å². The molecule has 10 heteroatoms. The minimum absolute atomic E-state index is 0.00768. The summed E-state index contributed by atoms with van der Waals surface area (Å²) < 4.78 is 17.8. The fourth-order valence-electron chi connectivity index (χ4n) is 3.23. The molecule has 9 nitrogen and oxygen atoms in total. The lowest BCUT2D eigenvalue weighted by Gasteiger charge is -2.13. The molecule has 3 heterocycles. The van der Waals surface area contributed by atoms with Crippen LogP contribution in [0.1, 0.15) is 10.6 Å². The third kappa shape index (κ3) is 4.66. The van der Waals surface area contributed by atoms with Crippen LogP contribution in [0.2, 0.25) is 0 Å². The Hall–Kier alpha value is -3.89. The van der Waals surface area contributed by atoms with Crippen LogP contribution in [-0.2, 0) is 0 Å². The molecule has 1 atom stereocenters. The predicted molar refractivity (Wildman–Crippen MR) is 121 cm³/mol. The Balaban J connectivity index is 1.22. The van der Waals surface area contributed by atoms with Crippen molar-refractivity contribution >= 4 is 17.2 Å². The first-order chi connectivity index (χ1) is 16.2. The van der Waals surface area contributed by atoms with E-state index in [-0.39, 0.29) is 25.8 Å². The fraction of sp³-hybridized carbons (Fsp3) is 0.174. The number of nitrogens with one attached hydrogen (secondary N) is 1. The van der Waals surface area contributed by atoms with Gasteiger partial charge in [-0.05, 0) is 35.7 Å². The number of aromatic nitrogens is 3. The first-order valence-corrected chi connectivity index (χ1v) is 11.1. The zero-order valence-electron chi connectivity index (χ0n) is 17.4. The average Bonchev–Trinajstić information content (AvgIpc) is 3.61. The monoisotopic (exact) mass is 464 g/mol. The van der Waals surface area contributed by atoms with Gasteiger partial charge in [-0.3, -0.25) is 4.79 Å². The van der Waals surface area contributed by atoms with Crippen molar-refractivity contribution in [1.82, 2.24) is 20.1 Å². The molecule has 0 fully saturated rings. The molecule has 33 heavy (non-hydrogen) atoms. The van der Waals surface area contributed by atoms with Crippen molar-refractivity contribution in [3.8, 4) is 33.6 Å². The van der Waals surface area contributed by atoms with Crippen LogP contribution in [0.3, 0.4) is 0 Å². The topological polar surface area (TPSA) is 108 Å². The van der Waals surface area contributed by atoms with Gasteiger partial charge in [0.1, 0.15) is 18.5 Å². The van der Waals surface area contributed by atoms with Crippen LogP contribution in [0, 0.1) is 0 Å². The molecule has 1 amide bonds. The molecule has 168 valence electrons. The second-order valence-electron chi connectivity index (χ2n) is 7.17. The van der Waals surface area contributed by atoms with Gasteiger partial charge in [-0.1, -0.05) is 24.3 Å². The second-order valence-corrected chi connectivity index (χ2v) is 8.12. The zero-order chi connectivity index (χ0) is 22.6. The standard InChI is InChI=1S/C23H20N4O5S/c28-16(13-30-17-8-9-18-19(11-17)32-14-31-18)12-24-23(29)21-25-22(20-7-4-10-33-20)27(26-21)15-5-2-1-3-6-15/h1-11,16,28H,12-14H2,(H,24,29). The molecule has 1 aliphatic heterocycles. The maximum Gasteiger partial charge on any atom is 0.291 e. The molecular weight excluding hydrogens is 444 g/mol. The number of fused-ring (bicyclic) bond motifs is 1. The molecule has 2 aromatic carbocycles. The minimum atomic E-state index is -0.924. The van der Waals surface area contributed by atoms with Gasteiger partial charge in [0.2, 0.25) is 12.6 Å². The number of amides is 1. The number of aliphatic hydroxyl groups excluding tert-OH is 1. The molecule has 0 radical (unpaired) electrons. The Morgan fingerprint density at radius 2 is 2.00 bits per heavy atom. The molecular formula is C23H20N4O5S. The predicted octanol–water partition coefficient (Wildman–Crippen LogP) is 2.89. The summed E-state index contributed by atoms with van der Waals surface area (Å²) in [5.74, 6) is 1.90. The fourth-order valence-corrected chi connectivity index (χ4v) is 3.93. The second kappa shape index (κ2) is 9.31. The molecule has 5 rings (SSSR count). The Labute approximate surface area is 193 Å². The van der Waals surface area contributed by atoms with Crippen molar-refractivity contribution in [2.45, 2.75) is 6.10 Å². The van der Waals surface area contributed by atoms with Gasteiger partial charge in [0.15, 0.2) is 17.3 Å². The third-order valence-electron chi connectivity index (χ3n) is 4.84. The number of para-hydroxylation sites is 1. The molecule has 0 saturated carbocycles. The van der Waals surface area contributed by atoms with Crippen LogP contribution in [0.15, 0.2) is 66.0 Å². The van der Waals surface area contributed by atoms with Crippen LogP contribution >= 0.6 is 11.3 Å². The maximum atomic E-state index is 12.7. The maximum absolute atomic E-state index is 12.7. The van der Waals surface area contributed by atoms with Crippen molar-refractivity contribution in [3.63, 3.8) is 0 Å². The van der Waals surface area contributed by atoms with E-state index in [4.69, 9.17) is 14.2 Å². The number of aliphatic hydroxyl groups is 1. The van der Waals surface area contributed by atoms with Gasteiger partial charge in [-0.25, -0.2) is 9.67 Å². The van der Waals surface area contributed by atoms with E-state index in [0.717, 1.165) is 10.6 Å². The lowest BCUT2D eigenvalue weighted by Crippen LogP contribution is -2.35. The van der Waals surface area contributed by atoms with E-state index in [9.17, 15) is 9.90 Å². The van der Waals surface area contributed by atoms with Crippen LogP contribution in [0.25, 0.3) is 16.4 Å². The summed E-state index contributed by atoms with van der Waals surface area (Å²) in [5, 5.41) is 19.3. The molecule has 1 unspecified atom stereocenters. The highest BCUT2D eigenvalue weighted by molar-refractivity contribution is 7.13. The summed E-state index contributed by atoms with van der Waals surface area (Å²) in [6.07, 6.45) is -0.924. The number of benzene rings is 2. The number of carbonyl (C=O) groups is 1. The van der Waals surface area contributed by atoms with E-state index < -0.39 is 12.0 Å². The first kappa shape index (κ1) is 21.0. The summed E-state index contributed by atoms with van der Waals surface area (Å²) in [6, 6.07) is 18.5. The Bertz CT molecular complexity index is 1240. The summed E-state index contributed by atoms with van der Waals surface area (Å²) in [5.41, 5.74) is 0.796.